The number of hydrogen-bond acceptors (Lipinski definition) is 3. The van der Waals surface area contributed by atoms with Crippen molar-refractivity contribution in [3.05, 3.63) is 34.6 Å². The molecule has 0 saturated heterocycles. The average molecular weight is 467 g/mol. The van der Waals surface area contributed by atoms with Gasteiger partial charge < -0.3 is 14.6 Å². The summed E-state index contributed by atoms with van der Waals surface area (Å²) in [6.45, 7) is 2.14. The van der Waals surface area contributed by atoms with E-state index in [1.807, 2.05) is 0 Å². The van der Waals surface area contributed by atoms with Crippen LogP contribution in [0.3, 0.4) is 0 Å². The topological polar surface area (TPSA) is 38.7 Å². The van der Waals surface area contributed by atoms with E-state index in [1.54, 1.807) is 0 Å². The summed E-state index contributed by atoms with van der Waals surface area (Å²) in [4.78, 5) is 0. The normalized spacial score (nSPS) is 20.5. The third-order valence-corrected chi connectivity index (χ3v) is 6.86. The van der Waals surface area contributed by atoms with Crippen LogP contribution in [0.2, 0.25) is 0 Å². The monoisotopic (exact) mass is 466 g/mol. The van der Waals surface area contributed by atoms with Gasteiger partial charge in [-0.1, -0.05) is 51.9 Å². The van der Waals surface area contributed by atoms with E-state index in [0.29, 0.717) is 25.7 Å². The Labute approximate surface area is 187 Å². The second-order valence-electron chi connectivity index (χ2n) is 8.81. The largest absolute Gasteiger partial charge is 0.343 e. The van der Waals surface area contributed by atoms with E-state index in [-0.39, 0.29) is 12.3 Å². The van der Waals surface area contributed by atoms with Crippen molar-refractivity contribution in [1.29, 1.82) is 0 Å². The Balaban J connectivity index is 2.23. The van der Waals surface area contributed by atoms with E-state index in [1.165, 1.54) is 14.2 Å². The predicted octanol–water partition coefficient (Wildman–Crippen LogP) is 6.96. The summed E-state index contributed by atoms with van der Waals surface area (Å²) in [5.74, 6) is -13.0. The lowest BCUT2D eigenvalue weighted by Crippen LogP contribution is -2.46. The Morgan fingerprint density at radius 1 is 0.844 bits per heavy atom. The number of hydrogen-bond donors (Lipinski definition) is 1. The van der Waals surface area contributed by atoms with Crippen LogP contribution in [0.25, 0.3) is 0 Å². The van der Waals surface area contributed by atoms with Gasteiger partial charge in [-0.05, 0) is 37.5 Å². The Bertz CT molecular complexity index is 710. The Hall–Kier alpha value is -1.25. The first-order valence-corrected chi connectivity index (χ1v) is 11.6. The molecular weight excluding hydrogens is 431 g/mol. The summed E-state index contributed by atoms with van der Waals surface area (Å²) in [5, 5.41) is 10.9. The summed E-state index contributed by atoms with van der Waals surface area (Å²) in [6.07, 6.45) is 8.49. The molecule has 0 heterocycles. The minimum Gasteiger partial charge on any atom is -0.343 e. The highest BCUT2D eigenvalue weighted by Gasteiger charge is 2.44. The van der Waals surface area contributed by atoms with E-state index < -0.39 is 52.5 Å². The highest BCUT2D eigenvalue weighted by atomic mass is 19.2. The number of methoxy groups -OCH3 is 2. The van der Waals surface area contributed by atoms with Crippen molar-refractivity contribution in [1.82, 2.24) is 0 Å². The van der Waals surface area contributed by atoms with Gasteiger partial charge in [0.1, 0.15) is 0 Å². The van der Waals surface area contributed by atoms with Crippen LogP contribution in [0, 0.1) is 40.9 Å². The zero-order valence-electron chi connectivity index (χ0n) is 19.2. The molecule has 1 saturated carbocycles. The summed E-state index contributed by atoms with van der Waals surface area (Å²) in [7, 11) is 2.64. The van der Waals surface area contributed by atoms with Crippen molar-refractivity contribution >= 4 is 0 Å². The first-order chi connectivity index (χ1) is 15.2. The molecule has 0 bridgehead atoms. The van der Waals surface area contributed by atoms with Crippen LogP contribution in [-0.4, -0.2) is 25.3 Å². The molecule has 1 aliphatic rings. The maximum atomic E-state index is 14.4. The fourth-order valence-corrected chi connectivity index (χ4v) is 5.08. The fourth-order valence-electron chi connectivity index (χ4n) is 5.08. The first-order valence-electron chi connectivity index (χ1n) is 11.6. The molecule has 184 valence electrons. The summed E-state index contributed by atoms with van der Waals surface area (Å²) < 4.78 is 80.3. The minimum atomic E-state index is -2.15. The zero-order chi connectivity index (χ0) is 23.9. The number of benzene rings is 1. The second-order valence-corrected chi connectivity index (χ2v) is 8.81. The Morgan fingerprint density at radius 2 is 1.38 bits per heavy atom. The van der Waals surface area contributed by atoms with Crippen LogP contribution in [0.5, 0.6) is 0 Å². The van der Waals surface area contributed by atoms with Gasteiger partial charge >= 0.3 is 0 Å². The number of halogens is 5. The van der Waals surface area contributed by atoms with Crippen molar-refractivity contribution < 1.29 is 36.5 Å². The van der Waals surface area contributed by atoms with Crippen molar-refractivity contribution in [2.24, 2.45) is 11.8 Å². The van der Waals surface area contributed by atoms with Crippen molar-refractivity contribution in [2.75, 3.05) is 14.2 Å². The lowest BCUT2D eigenvalue weighted by Gasteiger charge is -2.41. The zero-order valence-corrected chi connectivity index (χ0v) is 19.2. The standard InChI is InChI=1S/C24H35F5O3/c1-4-5-6-7-8-9-13-17(24(30,31-2)32-3)15-11-10-12-16(14-15)18-19(25)21(27)23(29)22(28)20(18)26/h15-17,30H,4-14H2,1-3H3. The quantitative estimate of drug-likeness (QED) is 0.119. The summed E-state index contributed by atoms with van der Waals surface area (Å²) in [6, 6.07) is 0. The number of rotatable bonds is 12. The van der Waals surface area contributed by atoms with E-state index in [2.05, 4.69) is 6.92 Å². The fraction of sp³-hybridized carbons (Fsp3) is 0.750. The summed E-state index contributed by atoms with van der Waals surface area (Å²) in [5.41, 5.74) is -0.761. The minimum absolute atomic E-state index is 0.174. The van der Waals surface area contributed by atoms with E-state index in [4.69, 9.17) is 9.47 Å². The predicted molar refractivity (Wildman–Crippen MR) is 111 cm³/mol. The van der Waals surface area contributed by atoms with Gasteiger partial charge in [0, 0.05) is 25.7 Å². The van der Waals surface area contributed by atoms with E-state index in [9.17, 15) is 27.1 Å². The highest BCUT2D eigenvalue weighted by molar-refractivity contribution is 5.28. The second kappa shape index (κ2) is 12.3. The molecular formula is C24H35F5O3. The van der Waals surface area contributed by atoms with E-state index >= 15 is 0 Å². The van der Waals surface area contributed by atoms with Gasteiger partial charge in [0.2, 0.25) is 5.82 Å². The molecule has 0 aliphatic heterocycles. The molecule has 3 atom stereocenters. The number of ether oxygens (including phenoxy) is 2. The maximum absolute atomic E-state index is 14.4. The van der Waals surface area contributed by atoms with Crippen molar-refractivity contribution in [2.45, 2.75) is 89.4 Å². The molecule has 0 spiro atoms. The molecule has 3 unspecified atom stereocenters. The molecule has 1 fully saturated rings. The van der Waals surface area contributed by atoms with Crippen LogP contribution in [0.1, 0.15) is 89.0 Å². The highest BCUT2D eigenvalue weighted by Crippen LogP contribution is 2.46. The van der Waals surface area contributed by atoms with Crippen LogP contribution >= 0.6 is 0 Å². The van der Waals surface area contributed by atoms with Crippen LogP contribution in [0.4, 0.5) is 22.0 Å². The van der Waals surface area contributed by atoms with E-state index in [0.717, 1.165) is 38.5 Å². The lowest BCUT2D eigenvalue weighted by molar-refractivity contribution is -0.376. The van der Waals surface area contributed by atoms with Gasteiger partial charge in [-0.25, -0.2) is 22.0 Å². The average Bonchev–Trinajstić information content (AvgIpc) is 2.81. The van der Waals surface area contributed by atoms with Crippen LogP contribution < -0.4 is 0 Å². The molecule has 8 heteroatoms. The smallest absolute Gasteiger partial charge is 0.283 e. The summed E-state index contributed by atoms with van der Waals surface area (Å²) >= 11 is 0. The van der Waals surface area contributed by atoms with Crippen LogP contribution in [-0.2, 0) is 9.47 Å². The number of unbranched alkanes of at least 4 members (excludes halogenated alkanes) is 5. The van der Waals surface area contributed by atoms with Crippen molar-refractivity contribution in [3.63, 3.8) is 0 Å². The third-order valence-electron chi connectivity index (χ3n) is 6.86. The Kier molecular flexibility index (Phi) is 10.4. The molecule has 0 aromatic heterocycles. The van der Waals surface area contributed by atoms with Gasteiger partial charge in [0.15, 0.2) is 23.3 Å². The van der Waals surface area contributed by atoms with Crippen LogP contribution in [0.15, 0.2) is 0 Å². The van der Waals surface area contributed by atoms with Gasteiger partial charge in [-0.2, -0.15) is 0 Å². The first kappa shape index (κ1) is 27.0. The van der Waals surface area contributed by atoms with Gasteiger partial charge in [0.25, 0.3) is 5.97 Å². The third kappa shape index (κ3) is 6.00. The molecule has 0 amide bonds. The van der Waals surface area contributed by atoms with Crippen molar-refractivity contribution in [3.8, 4) is 0 Å². The van der Waals surface area contributed by atoms with Gasteiger partial charge in [-0.3, -0.25) is 0 Å². The Morgan fingerprint density at radius 3 is 1.94 bits per heavy atom. The number of aliphatic hydroxyl groups is 1. The van der Waals surface area contributed by atoms with Gasteiger partial charge in [0.05, 0.1) is 0 Å². The molecule has 32 heavy (non-hydrogen) atoms. The molecule has 0 radical (unpaired) electrons. The molecule has 1 N–H and O–H groups in total. The molecule has 1 aromatic rings. The molecule has 1 aliphatic carbocycles. The lowest BCUT2D eigenvalue weighted by atomic mass is 9.70. The molecule has 3 nitrogen and oxygen atoms in total. The molecule has 2 rings (SSSR count). The SMILES string of the molecule is CCCCCCCCC(C1CCCC(c2c(F)c(F)c(F)c(F)c2F)C1)C(O)(OC)OC. The maximum Gasteiger partial charge on any atom is 0.283 e. The molecule has 1 aromatic carbocycles. The van der Waals surface area contributed by atoms with Gasteiger partial charge in [-0.15, -0.1) is 0 Å².